The molecule has 2 aromatic heterocycles. The first-order valence-electron chi connectivity index (χ1n) is 11.6. The molecule has 5 rings (SSSR count). The third kappa shape index (κ3) is 5.71. The zero-order chi connectivity index (χ0) is 22.6. The Labute approximate surface area is 206 Å². The number of hydrogen-bond donors (Lipinski definition) is 2. The van der Waals surface area contributed by atoms with Gasteiger partial charge in [0.1, 0.15) is 17.7 Å². The van der Waals surface area contributed by atoms with E-state index in [1.165, 1.54) is 19.4 Å². The van der Waals surface area contributed by atoms with Crippen molar-refractivity contribution in [3.8, 4) is 11.6 Å². The second-order valence-corrected chi connectivity index (χ2v) is 8.76. The SMILES string of the molecule is CN1CCCC1CCOc1ccc(OC2C=CC3N=CNC(Nc4ccn(C)n4)=C3C2)nc1.Cl. The molecule has 3 atom stereocenters. The molecule has 1 saturated heterocycles. The van der Waals surface area contributed by atoms with Gasteiger partial charge in [-0.2, -0.15) is 5.10 Å². The molecule has 1 fully saturated rings. The Kier molecular flexibility index (Phi) is 7.74. The van der Waals surface area contributed by atoms with Crippen LogP contribution in [0.25, 0.3) is 0 Å². The van der Waals surface area contributed by atoms with Crippen LogP contribution in [0.5, 0.6) is 11.6 Å². The first-order chi connectivity index (χ1) is 16.1. The molecule has 0 amide bonds. The molecule has 3 aliphatic rings. The molecular formula is C24H32ClN7O2. The zero-order valence-electron chi connectivity index (χ0n) is 19.6. The van der Waals surface area contributed by atoms with E-state index in [1.54, 1.807) is 17.2 Å². The highest BCUT2D eigenvalue weighted by molar-refractivity contribution is 5.85. The lowest BCUT2D eigenvalue weighted by Crippen LogP contribution is -2.34. The lowest BCUT2D eigenvalue weighted by Gasteiger charge is -2.29. The van der Waals surface area contributed by atoms with Gasteiger partial charge in [0, 0.05) is 43.4 Å². The van der Waals surface area contributed by atoms with E-state index in [0.717, 1.165) is 29.4 Å². The molecule has 34 heavy (non-hydrogen) atoms. The molecule has 4 heterocycles. The molecule has 10 heteroatoms. The topological polar surface area (TPSA) is 88.8 Å². The highest BCUT2D eigenvalue weighted by atomic mass is 35.5. The summed E-state index contributed by atoms with van der Waals surface area (Å²) in [7, 11) is 4.09. The van der Waals surface area contributed by atoms with Crippen LogP contribution in [0.15, 0.2) is 59.1 Å². The smallest absolute Gasteiger partial charge is 0.214 e. The Hall–Kier alpha value is -3.04. The van der Waals surface area contributed by atoms with Crippen molar-refractivity contribution in [1.82, 2.24) is 25.0 Å². The number of halogens is 1. The lowest BCUT2D eigenvalue weighted by atomic mass is 9.93. The highest BCUT2D eigenvalue weighted by Crippen LogP contribution is 2.28. The molecule has 0 bridgehead atoms. The van der Waals surface area contributed by atoms with Crippen molar-refractivity contribution in [2.45, 2.75) is 43.9 Å². The third-order valence-electron chi connectivity index (χ3n) is 6.39. The van der Waals surface area contributed by atoms with Gasteiger partial charge < -0.3 is 25.0 Å². The number of hydrogen-bond acceptors (Lipinski definition) is 8. The number of anilines is 1. The molecule has 0 saturated carbocycles. The van der Waals surface area contributed by atoms with Crippen molar-refractivity contribution >= 4 is 24.6 Å². The molecule has 2 aliphatic heterocycles. The van der Waals surface area contributed by atoms with Crippen molar-refractivity contribution in [3.05, 3.63) is 54.1 Å². The fourth-order valence-electron chi connectivity index (χ4n) is 4.56. The summed E-state index contributed by atoms with van der Waals surface area (Å²) >= 11 is 0. The normalized spacial score (nSPS) is 23.8. The standard InChI is InChI=1S/C24H31N7O2.ClH/c1-30-11-3-4-17(30)10-13-32-19-6-8-23(25-15-19)33-18-5-7-21-20(14-18)24(27-16-26-21)28-22-9-12-31(2)29-22;/h5-9,12,15-18,21H,3-4,10-11,13-14H2,1-2H3,(H,26,27)(H,28,29);1H. The molecule has 3 unspecified atom stereocenters. The Morgan fingerprint density at radius 1 is 1.21 bits per heavy atom. The van der Waals surface area contributed by atoms with Crippen molar-refractivity contribution in [2.24, 2.45) is 12.0 Å². The van der Waals surface area contributed by atoms with Crippen molar-refractivity contribution in [3.63, 3.8) is 0 Å². The number of fused-ring (bicyclic) bond motifs is 1. The number of rotatable bonds is 8. The minimum Gasteiger partial charge on any atom is -0.492 e. The Morgan fingerprint density at radius 3 is 2.85 bits per heavy atom. The maximum Gasteiger partial charge on any atom is 0.214 e. The van der Waals surface area contributed by atoms with Crippen LogP contribution in [0.3, 0.4) is 0 Å². The second kappa shape index (κ2) is 10.9. The number of nitrogens with one attached hydrogen (secondary N) is 2. The van der Waals surface area contributed by atoms with E-state index in [0.29, 0.717) is 24.9 Å². The fourth-order valence-corrected chi connectivity index (χ4v) is 4.56. The predicted octanol–water partition coefficient (Wildman–Crippen LogP) is 3.13. The quantitative estimate of drug-likeness (QED) is 0.555. The van der Waals surface area contributed by atoms with Crippen LogP contribution in [0.4, 0.5) is 5.82 Å². The molecule has 2 aromatic rings. The molecule has 2 N–H and O–H groups in total. The predicted molar refractivity (Wildman–Crippen MR) is 135 cm³/mol. The van der Waals surface area contributed by atoms with Gasteiger partial charge in [-0.1, -0.05) is 6.08 Å². The van der Waals surface area contributed by atoms with Gasteiger partial charge >= 0.3 is 0 Å². The first kappa shape index (κ1) is 24.1. The van der Waals surface area contributed by atoms with Gasteiger partial charge in [0.05, 0.1) is 25.2 Å². The monoisotopic (exact) mass is 485 g/mol. The summed E-state index contributed by atoms with van der Waals surface area (Å²) in [5.41, 5.74) is 1.13. The number of pyridine rings is 1. The molecule has 0 spiro atoms. The summed E-state index contributed by atoms with van der Waals surface area (Å²) < 4.78 is 13.8. The van der Waals surface area contributed by atoms with E-state index in [4.69, 9.17) is 9.47 Å². The summed E-state index contributed by atoms with van der Waals surface area (Å²) in [5.74, 6) is 3.04. The number of ether oxygens (including phenoxy) is 2. The second-order valence-electron chi connectivity index (χ2n) is 8.76. The van der Waals surface area contributed by atoms with Gasteiger partial charge in [-0.3, -0.25) is 9.67 Å². The van der Waals surface area contributed by atoms with E-state index < -0.39 is 0 Å². The van der Waals surface area contributed by atoms with Crippen LogP contribution in [-0.2, 0) is 7.05 Å². The van der Waals surface area contributed by atoms with Crippen molar-refractivity contribution in [2.75, 3.05) is 25.5 Å². The molecule has 0 radical (unpaired) electrons. The maximum absolute atomic E-state index is 6.14. The lowest BCUT2D eigenvalue weighted by molar-refractivity contribution is 0.226. The molecule has 182 valence electrons. The molecule has 0 aromatic carbocycles. The van der Waals surface area contributed by atoms with Crippen LogP contribution in [-0.4, -0.2) is 64.4 Å². The molecule has 1 aliphatic carbocycles. The van der Waals surface area contributed by atoms with E-state index in [2.05, 4.69) is 49.8 Å². The summed E-state index contributed by atoms with van der Waals surface area (Å²) in [6.07, 6.45) is 13.7. The average molecular weight is 486 g/mol. The minimum absolute atomic E-state index is 0. The van der Waals surface area contributed by atoms with Gasteiger partial charge in [0.2, 0.25) is 5.88 Å². The summed E-state index contributed by atoms with van der Waals surface area (Å²) in [4.78, 5) is 11.4. The molecular weight excluding hydrogens is 454 g/mol. The van der Waals surface area contributed by atoms with Crippen molar-refractivity contribution < 1.29 is 9.47 Å². The summed E-state index contributed by atoms with van der Waals surface area (Å²) in [6, 6.07) is 6.36. The van der Waals surface area contributed by atoms with Crippen LogP contribution in [0, 0.1) is 0 Å². The first-order valence-corrected chi connectivity index (χ1v) is 11.6. The third-order valence-corrected chi connectivity index (χ3v) is 6.39. The number of nitrogens with zero attached hydrogens (tertiary/aromatic N) is 5. The van der Waals surface area contributed by atoms with Crippen LogP contribution < -0.4 is 20.1 Å². The van der Waals surface area contributed by atoms with E-state index in [9.17, 15) is 0 Å². The number of aromatic nitrogens is 3. The van der Waals surface area contributed by atoms with Crippen LogP contribution in [0.2, 0.25) is 0 Å². The average Bonchev–Trinajstić information content (AvgIpc) is 3.43. The molecule has 9 nitrogen and oxygen atoms in total. The zero-order valence-corrected chi connectivity index (χ0v) is 20.4. The largest absolute Gasteiger partial charge is 0.492 e. The van der Waals surface area contributed by atoms with Crippen molar-refractivity contribution in [1.29, 1.82) is 0 Å². The van der Waals surface area contributed by atoms with Crippen LogP contribution >= 0.6 is 12.4 Å². The fraction of sp³-hybridized carbons (Fsp3) is 0.458. The number of aryl methyl sites for hydroxylation is 1. The van der Waals surface area contributed by atoms with Gasteiger partial charge in [0.25, 0.3) is 0 Å². The Morgan fingerprint density at radius 2 is 2.12 bits per heavy atom. The number of likely N-dealkylation sites (tertiary alicyclic amines) is 1. The summed E-state index contributed by atoms with van der Waals surface area (Å²) in [5, 5.41) is 11.0. The van der Waals surface area contributed by atoms with Gasteiger partial charge in [0.15, 0.2) is 5.82 Å². The van der Waals surface area contributed by atoms with Gasteiger partial charge in [-0.25, -0.2) is 4.98 Å². The maximum atomic E-state index is 6.14. The van der Waals surface area contributed by atoms with E-state index in [-0.39, 0.29) is 24.6 Å². The van der Waals surface area contributed by atoms with Gasteiger partial charge in [-0.15, -0.1) is 12.4 Å². The Balaban J connectivity index is 0.00000274. The highest BCUT2D eigenvalue weighted by Gasteiger charge is 2.27. The van der Waals surface area contributed by atoms with E-state index >= 15 is 0 Å². The van der Waals surface area contributed by atoms with Crippen LogP contribution in [0.1, 0.15) is 25.7 Å². The summed E-state index contributed by atoms with van der Waals surface area (Å²) in [6.45, 7) is 1.89. The Bertz CT molecular complexity index is 1050. The minimum atomic E-state index is -0.121. The van der Waals surface area contributed by atoms with Gasteiger partial charge in [-0.05, 0) is 45.0 Å². The van der Waals surface area contributed by atoms with E-state index in [1.807, 2.05) is 31.4 Å². The number of aliphatic imine (C=N–C) groups is 1.